The number of rotatable bonds is 3. The molecule has 0 fully saturated rings. The molecule has 0 aromatic heterocycles. The monoisotopic (exact) mass is 358 g/mol. The molecule has 0 bridgehead atoms. The lowest BCUT2D eigenvalue weighted by molar-refractivity contribution is -0.117. The van der Waals surface area contributed by atoms with Gasteiger partial charge in [0.2, 0.25) is 5.91 Å². The molecular formula is C18H19BrN2O. The summed E-state index contributed by atoms with van der Waals surface area (Å²) in [5, 5.41) is 3.23. The van der Waals surface area contributed by atoms with E-state index in [-0.39, 0.29) is 5.91 Å². The van der Waals surface area contributed by atoms with Crippen molar-refractivity contribution < 1.29 is 4.79 Å². The Bertz CT molecular complexity index is 699. The van der Waals surface area contributed by atoms with Gasteiger partial charge in [-0.1, -0.05) is 24.3 Å². The van der Waals surface area contributed by atoms with E-state index in [0.717, 1.165) is 35.2 Å². The largest absolute Gasteiger partial charge is 0.375 e. The molecule has 0 aliphatic carbocycles. The summed E-state index contributed by atoms with van der Waals surface area (Å²) in [5.74, 6) is 0.111. The summed E-state index contributed by atoms with van der Waals surface area (Å²) in [6.45, 7) is 3.15. The minimum Gasteiger partial charge on any atom is -0.375 e. The molecule has 0 saturated heterocycles. The predicted molar refractivity (Wildman–Crippen MR) is 94.5 cm³/mol. The number of nitrogens with zero attached hydrogens (tertiary/aromatic N) is 1. The number of hydrogen-bond donors (Lipinski definition) is 1. The van der Waals surface area contributed by atoms with Crippen LogP contribution in [0.1, 0.15) is 17.5 Å². The fourth-order valence-corrected chi connectivity index (χ4v) is 3.46. The Morgan fingerprint density at radius 2 is 2.09 bits per heavy atom. The highest BCUT2D eigenvalue weighted by molar-refractivity contribution is 9.10. The minimum absolute atomic E-state index is 0.111. The summed E-state index contributed by atoms with van der Waals surface area (Å²) in [6, 6.07) is 14.3. The highest BCUT2D eigenvalue weighted by Gasteiger charge is 2.21. The van der Waals surface area contributed by atoms with Gasteiger partial charge in [-0.05, 0) is 65.0 Å². The van der Waals surface area contributed by atoms with E-state index in [1.165, 1.54) is 11.1 Å². The lowest BCUT2D eigenvalue weighted by Crippen LogP contribution is -2.39. The van der Waals surface area contributed by atoms with Gasteiger partial charge in [-0.3, -0.25) is 4.79 Å². The van der Waals surface area contributed by atoms with Crippen LogP contribution in [0.15, 0.2) is 46.9 Å². The molecule has 1 heterocycles. The molecule has 3 rings (SSSR count). The van der Waals surface area contributed by atoms with Crippen molar-refractivity contribution in [2.24, 2.45) is 0 Å². The van der Waals surface area contributed by atoms with Crippen molar-refractivity contribution in [1.29, 1.82) is 0 Å². The second kappa shape index (κ2) is 6.53. The van der Waals surface area contributed by atoms with Crippen LogP contribution in [0.5, 0.6) is 0 Å². The molecule has 0 unspecified atom stereocenters. The molecule has 1 aliphatic heterocycles. The van der Waals surface area contributed by atoms with Gasteiger partial charge in [0.15, 0.2) is 0 Å². The standard InChI is InChI=1S/C18H19BrN2O/c1-13-8-9-16(15(19)11-13)20-12-18(22)21-10-4-6-14-5-2-3-7-17(14)21/h2-3,5,7-9,11,20H,4,6,10,12H2,1H3. The second-order valence-corrected chi connectivity index (χ2v) is 6.47. The number of anilines is 2. The van der Waals surface area contributed by atoms with Crippen LogP contribution in [0.4, 0.5) is 11.4 Å². The SMILES string of the molecule is Cc1ccc(NCC(=O)N2CCCc3ccccc32)c(Br)c1. The first kappa shape index (κ1) is 15.1. The lowest BCUT2D eigenvalue weighted by Gasteiger charge is -2.29. The van der Waals surface area contributed by atoms with E-state index >= 15 is 0 Å². The van der Waals surface area contributed by atoms with E-state index in [2.05, 4.69) is 27.3 Å². The molecule has 1 N–H and O–H groups in total. The maximum absolute atomic E-state index is 12.6. The maximum Gasteiger partial charge on any atom is 0.246 e. The summed E-state index contributed by atoms with van der Waals surface area (Å²) in [6.07, 6.45) is 2.08. The summed E-state index contributed by atoms with van der Waals surface area (Å²) in [4.78, 5) is 14.5. The van der Waals surface area contributed by atoms with E-state index in [1.807, 2.05) is 48.2 Å². The number of nitrogens with one attached hydrogen (secondary N) is 1. The first-order valence-corrected chi connectivity index (χ1v) is 8.33. The molecule has 2 aromatic rings. The molecule has 1 amide bonds. The highest BCUT2D eigenvalue weighted by atomic mass is 79.9. The summed E-state index contributed by atoms with van der Waals surface area (Å²) >= 11 is 3.53. The lowest BCUT2D eigenvalue weighted by atomic mass is 10.0. The Morgan fingerprint density at radius 3 is 2.91 bits per heavy atom. The van der Waals surface area contributed by atoms with E-state index in [4.69, 9.17) is 0 Å². The number of para-hydroxylation sites is 1. The van der Waals surface area contributed by atoms with Crippen LogP contribution in [0.2, 0.25) is 0 Å². The smallest absolute Gasteiger partial charge is 0.246 e. The molecule has 0 radical (unpaired) electrons. The van der Waals surface area contributed by atoms with Crippen LogP contribution in [0, 0.1) is 6.92 Å². The Balaban J connectivity index is 1.70. The van der Waals surface area contributed by atoms with Crippen molar-refractivity contribution in [3.05, 3.63) is 58.1 Å². The molecule has 22 heavy (non-hydrogen) atoms. The average molecular weight is 359 g/mol. The van der Waals surface area contributed by atoms with Crippen LogP contribution in [-0.4, -0.2) is 19.0 Å². The van der Waals surface area contributed by atoms with Crippen LogP contribution >= 0.6 is 15.9 Å². The summed E-state index contributed by atoms with van der Waals surface area (Å²) in [7, 11) is 0. The number of carbonyl (C=O) groups excluding carboxylic acids is 1. The molecule has 114 valence electrons. The van der Waals surface area contributed by atoms with Crippen LogP contribution in [0.25, 0.3) is 0 Å². The fourth-order valence-electron chi connectivity index (χ4n) is 2.82. The Morgan fingerprint density at radius 1 is 1.27 bits per heavy atom. The second-order valence-electron chi connectivity index (χ2n) is 5.61. The normalized spacial score (nSPS) is 13.6. The average Bonchev–Trinajstić information content (AvgIpc) is 2.53. The number of aryl methyl sites for hydroxylation is 2. The molecule has 0 spiro atoms. The maximum atomic E-state index is 12.6. The molecule has 4 heteroatoms. The Labute approximate surface area is 139 Å². The van der Waals surface area contributed by atoms with Crippen molar-refractivity contribution in [3.8, 4) is 0 Å². The zero-order valence-corrected chi connectivity index (χ0v) is 14.2. The Kier molecular flexibility index (Phi) is 4.48. The molecule has 1 aliphatic rings. The third-order valence-corrected chi connectivity index (χ3v) is 4.62. The minimum atomic E-state index is 0.111. The number of halogens is 1. The van der Waals surface area contributed by atoms with E-state index in [1.54, 1.807) is 0 Å². The van der Waals surface area contributed by atoms with E-state index < -0.39 is 0 Å². The van der Waals surface area contributed by atoms with Crippen molar-refractivity contribution in [3.63, 3.8) is 0 Å². The van der Waals surface area contributed by atoms with Crippen LogP contribution in [-0.2, 0) is 11.2 Å². The van der Waals surface area contributed by atoms with Crippen molar-refractivity contribution in [2.75, 3.05) is 23.3 Å². The van der Waals surface area contributed by atoms with Gasteiger partial charge in [-0.25, -0.2) is 0 Å². The summed E-state index contributed by atoms with van der Waals surface area (Å²) < 4.78 is 0.986. The topological polar surface area (TPSA) is 32.3 Å². The van der Waals surface area contributed by atoms with Crippen molar-refractivity contribution in [2.45, 2.75) is 19.8 Å². The highest BCUT2D eigenvalue weighted by Crippen LogP contribution is 2.27. The van der Waals surface area contributed by atoms with E-state index in [0.29, 0.717) is 6.54 Å². The molecule has 3 nitrogen and oxygen atoms in total. The van der Waals surface area contributed by atoms with Crippen LogP contribution < -0.4 is 10.2 Å². The van der Waals surface area contributed by atoms with Gasteiger partial charge < -0.3 is 10.2 Å². The van der Waals surface area contributed by atoms with Gasteiger partial charge in [0, 0.05) is 22.4 Å². The molecule has 0 saturated carbocycles. The van der Waals surface area contributed by atoms with Gasteiger partial charge >= 0.3 is 0 Å². The van der Waals surface area contributed by atoms with Gasteiger partial charge in [-0.15, -0.1) is 0 Å². The number of hydrogen-bond acceptors (Lipinski definition) is 2. The number of amides is 1. The van der Waals surface area contributed by atoms with Gasteiger partial charge in [0.05, 0.1) is 6.54 Å². The van der Waals surface area contributed by atoms with E-state index in [9.17, 15) is 4.79 Å². The van der Waals surface area contributed by atoms with Crippen LogP contribution in [0.3, 0.4) is 0 Å². The quantitative estimate of drug-likeness (QED) is 0.893. The van der Waals surface area contributed by atoms with Crippen molar-refractivity contribution >= 4 is 33.2 Å². The molecular weight excluding hydrogens is 340 g/mol. The Hall–Kier alpha value is -1.81. The number of carbonyl (C=O) groups is 1. The third kappa shape index (κ3) is 3.17. The van der Waals surface area contributed by atoms with Gasteiger partial charge in [0.25, 0.3) is 0 Å². The predicted octanol–water partition coefficient (Wildman–Crippen LogP) is 4.15. The zero-order valence-electron chi connectivity index (χ0n) is 12.6. The third-order valence-electron chi connectivity index (χ3n) is 3.97. The van der Waals surface area contributed by atoms with Gasteiger partial charge in [0.1, 0.15) is 0 Å². The molecule has 0 atom stereocenters. The fraction of sp³-hybridized carbons (Fsp3) is 0.278. The first-order chi connectivity index (χ1) is 10.6. The first-order valence-electron chi connectivity index (χ1n) is 7.53. The number of fused-ring (bicyclic) bond motifs is 1. The van der Waals surface area contributed by atoms with Crippen molar-refractivity contribution in [1.82, 2.24) is 0 Å². The molecule has 2 aromatic carbocycles. The van der Waals surface area contributed by atoms with Gasteiger partial charge in [-0.2, -0.15) is 0 Å². The summed E-state index contributed by atoms with van der Waals surface area (Å²) in [5.41, 5.74) is 4.46. The number of benzene rings is 2. The zero-order chi connectivity index (χ0) is 15.5.